The van der Waals surface area contributed by atoms with Crippen molar-refractivity contribution in [3.63, 3.8) is 0 Å². The van der Waals surface area contributed by atoms with E-state index in [-0.39, 0.29) is 0 Å². The Morgan fingerprint density at radius 3 is 0.727 bits per heavy atom. The van der Waals surface area contributed by atoms with E-state index >= 15 is 0 Å². The first-order valence-electron chi connectivity index (χ1n) is 19.0. The lowest BCUT2D eigenvalue weighted by atomic mass is 9.74. The summed E-state index contributed by atoms with van der Waals surface area (Å²) >= 11 is 0. The molecule has 0 spiro atoms. The van der Waals surface area contributed by atoms with Crippen LogP contribution in [0.15, 0.2) is 224 Å². The van der Waals surface area contributed by atoms with E-state index in [1.165, 1.54) is 83.0 Å². The average Bonchev–Trinajstić information content (AvgIpc) is 3.61. The SMILES string of the molecule is c1ccc(-c2c(-c3ccccc3)c(-c3ccccc3)c(-c3ccc(-n4c5ccccc5c5ccccc54)cc3)c(-c3ccccc3)c2-c2ccccc2)cc1. The van der Waals surface area contributed by atoms with E-state index in [1.807, 2.05) is 0 Å². The highest BCUT2D eigenvalue weighted by Crippen LogP contribution is 2.55. The van der Waals surface area contributed by atoms with Gasteiger partial charge in [0.05, 0.1) is 11.0 Å². The molecule has 1 heteroatoms. The molecule has 1 nitrogen and oxygen atoms in total. The molecule has 0 unspecified atom stereocenters. The maximum atomic E-state index is 2.40. The lowest BCUT2D eigenvalue weighted by Gasteiger charge is -2.29. The predicted octanol–water partition coefficient (Wildman–Crippen LogP) is 14.8. The Bertz CT molecular complexity index is 2750. The maximum absolute atomic E-state index is 2.40. The van der Waals surface area contributed by atoms with Crippen molar-refractivity contribution in [1.29, 1.82) is 0 Å². The normalized spacial score (nSPS) is 11.3. The van der Waals surface area contributed by atoms with Gasteiger partial charge in [-0.1, -0.05) is 200 Å². The molecule has 0 saturated carbocycles. The molecule has 0 aliphatic heterocycles. The highest BCUT2D eigenvalue weighted by atomic mass is 15.0. The van der Waals surface area contributed by atoms with Crippen molar-refractivity contribution in [2.45, 2.75) is 0 Å². The van der Waals surface area contributed by atoms with Gasteiger partial charge in [0, 0.05) is 16.5 Å². The summed E-state index contributed by atoms with van der Waals surface area (Å²) in [4.78, 5) is 0. The minimum Gasteiger partial charge on any atom is -0.309 e. The van der Waals surface area contributed by atoms with Crippen LogP contribution in [0, 0.1) is 0 Å². The molecule has 1 heterocycles. The molecule has 0 fully saturated rings. The molecule has 10 aromatic rings. The minimum absolute atomic E-state index is 1.14. The number of para-hydroxylation sites is 2. The van der Waals surface area contributed by atoms with E-state index < -0.39 is 0 Å². The second-order valence-corrected chi connectivity index (χ2v) is 14.0. The third-order valence-electron chi connectivity index (χ3n) is 10.8. The van der Waals surface area contributed by atoms with E-state index in [2.05, 4.69) is 229 Å². The van der Waals surface area contributed by atoms with Crippen LogP contribution in [0.1, 0.15) is 0 Å². The van der Waals surface area contributed by atoms with Crippen LogP contribution in [0.25, 0.3) is 94.3 Å². The lowest BCUT2D eigenvalue weighted by molar-refractivity contribution is 1.18. The monoisotopic (exact) mass is 699 g/mol. The summed E-state index contributed by atoms with van der Waals surface area (Å²) in [5.41, 5.74) is 17.9. The Hall–Kier alpha value is -7.22. The Kier molecular flexibility index (Phi) is 8.24. The molecule has 0 atom stereocenters. The van der Waals surface area contributed by atoms with Crippen molar-refractivity contribution in [3.8, 4) is 72.4 Å². The highest BCUT2D eigenvalue weighted by Gasteiger charge is 2.29. The molecule has 10 rings (SSSR count). The second kappa shape index (κ2) is 14.0. The fraction of sp³-hybridized carbons (Fsp3) is 0. The van der Waals surface area contributed by atoms with Gasteiger partial charge in [0.15, 0.2) is 0 Å². The van der Waals surface area contributed by atoms with Crippen molar-refractivity contribution < 1.29 is 0 Å². The zero-order valence-electron chi connectivity index (χ0n) is 30.3. The van der Waals surface area contributed by atoms with Crippen molar-refractivity contribution in [1.82, 2.24) is 4.57 Å². The van der Waals surface area contributed by atoms with Gasteiger partial charge in [0.2, 0.25) is 0 Å². The Labute approximate surface area is 322 Å². The molecule has 1 aromatic heterocycles. The fourth-order valence-electron chi connectivity index (χ4n) is 8.48. The van der Waals surface area contributed by atoms with Crippen molar-refractivity contribution in [2.75, 3.05) is 0 Å². The topological polar surface area (TPSA) is 4.93 Å². The van der Waals surface area contributed by atoms with E-state index in [4.69, 9.17) is 0 Å². The van der Waals surface area contributed by atoms with Crippen LogP contribution in [0.3, 0.4) is 0 Å². The number of benzene rings is 9. The number of rotatable bonds is 7. The summed E-state index contributed by atoms with van der Waals surface area (Å²) in [5, 5.41) is 2.52. The maximum Gasteiger partial charge on any atom is 0.0541 e. The summed E-state index contributed by atoms with van der Waals surface area (Å²) in [6.07, 6.45) is 0. The van der Waals surface area contributed by atoms with E-state index in [0.717, 1.165) is 11.3 Å². The molecule has 0 saturated heterocycles. The van der Waals surface area contributed by atoms with Gasteiger partial charge < -0.3 is 4.57 Å². The van der Waals surface area contributed by atoms with E-state index in [0.29, 0.717) is 0 Å². The first kappa shape index (κ1) is 32.4. The van der Waals surface area contributed by atoms with Gasteiger partial charge in [0.1, 0.15) is 0 Å². The van der Waals surface area contributed by atoms with Gasteiger partial charge in [-0.05, 0) is 91.0 Å². The first-order valence-corrected chi connectivity index (χ1v) is 19.0. The van der Waals surface area contributed by atoms with Gasteiger partial charge in [0.25, 0.3) is 0 Å². The quantitative estimate of drug-likeness (QED) is 0.156. The summed E-state index contributed by atoms with van der Waals surface area (Å²) in [7, 11) is 0. The summed E-state index contributed by atoms with van der Waals surface area (Å²) in [6.45, 7) is 0. The molecular weight excluding hydrogens is 663 g/mol. The van der Waals surface area contributed by atoms with Crippen LogP contribution in [0.5, 0.6) is 0 Å². The van der Waals surface area contributed by atoms with Crippen molar-refractivity contribution in [2.24, 2.45) is 0 Å². The molecule has 0 radical (unpaired) electrons. The molecule has 55 heavy (non-hydrogen) atoms. The van der Waals surface area contributed by atoms with Gasteiger partial charge in [-0.2, -0.15) is 0 Å². The summed E-state index contributed by atoms with van der Waals surface area (Å²) in [6, 6.07) is 81.5. The molecule has 0 amide bonds. The van der Waals surface area contributed by atoms with Gasteiger partial charge in [-0.25, -0.2) is 0 Å². The van der Waals surface area contributed by atoms with E-state index in [1.54, 1.807) is 0 Å². The predicted molar refractivity (Wildman–Crippen MR) is 233 cm³/mol. The number of hydrogen-bond donors (Lipinski definition) is 0. The zero-order chi connectivity index (χ0) is 36.6. The Morgan fingerprint density at radius 2 is 0.436 bits per heavy atom. The van der Waals surface area contributed by atoms with Crippen LogP contribution >= 0.6 is 0 Å². The van der Waals surface area contributed by atoms with Gasteiger partial charge in [-0.3, -0.25) is 0 Å². The third-order valence-corrected chi connectivity index (χ3v) is 10.8. The fourth-order valence-corrected chi connectivity index (χ4v) is 8.48. The average molecular weight is 700 g/mol. The smallest absolute Gasteiger partial charge is 0.0541 e. The zero-order valence-corrected chi connectivity index (χ0v) is 30.3. The number of hydrogen-bond acceptors (Lipinski definition) is 0. The van der Waals surface area contributed by atoms with E-state index in [9.17, 15) is 0 Å². The van der Waals surface area contributed by atoms with Crippen LogP contribution in [-0.4, -0.2) is 4.57 Å². The number of nitrogens with zero attached hydrogens (tertiary/aromatic N) is 1. The second-order valence-electron chi connectivity index (χ2n) is 14.0. The summed E-state index contributed by atoms with van der Waals surface area (Å²) < 4.78 is 2.40. The van der Waals surface area contributed by atoms with Gasteiger partial charge in [-0.15, -0.1) is 0 Å². The largest absolute Gasteiger partial charge is 0.309 e. The molecule has 0 aliphatic carbocycles. The minimum atomic E-state index is 1.14. The molecule has 9 aromatic carbocycles. The number of aromatic nitrogens is 1. The molecule has 258 valence electrons. The van der Waals surface area contributed by atoms with Crippen molar-refractivity contribution in [3.05, 3.63) is 224 Å². The molecule has 0 bridgehead atoms. The molecule has 0 aliphatic rings. The Balaban J connectivity index is 1.37. The van der Waals surface area contributed by atoms with Crippen LogP contribution in [0.4, 0.5) is 0 Å². The molecular formula is C54H37N. The number of fused-ring (bicyclic) bond motifs is 3. The van der Waals surface area contributed by atoms with Crippen molar-refractivity contribution >= 4 is 21.8 Å². The molecule has 0 N–H and O–H groups in total. The lowest BCUT2D eigenvalue weighted by Crippen LogP contribution is -2.02. The highest BCUT2D eigenvalue weighted by molar-refractivity contribution is 6.15. The van der Waals surface area contributed by atoms with Crippen LogP contribution < -0.4 is 0 Å². The van der Waals surface area contributed by atoms with Gasteiger partial charge >= 0.3 is 0 Å². The first-order chi connectivity index (χ1) is 27.3. The Morgan fingerprint density at radius 1 is 0.200 bits per heavy atom. The van der Waals surface area contributed by atoms with Crippen LogP contribution in [0.2, 0.25) is 0 Å². The van der Waals surface area contributed by atoms with Crippen LogP contribution in [-0.2, 0) is 0 Å². The summed E-state index contributed by atoms with van der Waals surface area (Å²) in [5.74, 6) is 0. The standard InChI is InChI=1S/C54H37N/c1-6-20-38(21-7-1)49-50(39-22-8-2-9-23-39)52(41-26-12-4-13-27-41)54(53(42-28-14-5-15-29-42)51(49)40-24-10-3-11-25-40)43-34-36-44(37-35-43)55-47-32-18-16-30-45(47)46-31-17-19-33-48(46)55/h1-37H. The third kappa shape index (κ3) is 5.66.